The Hall–Kier alpha value is -2.39. The molecule has 108 valence electrons. The van der Waals surface area contributed by atoms with E-state index in [0.29, 0.717) is 12.1 Å². The summed E-state index contributed by atoms with van der Waals surface area (Å²) in [4.78, 5) is 11.1. The Bertz CT molecular complexity index is 633. The van der Waals surface area contributed by atoms with Crippen LogP contribution in [0.25, 0.3) is 6.08 Å². The van der Waals surface area contributed by atoms with Crippen LogP contribution in [-0.2, 0) is 6.54 Å². The molecule has 2 aromatic rings. The highest BCUT2D eigenvalue weighted by molar-refractivity contribution is 5.92. The summed E-state index contributed by atoms with van der Waals surface area (Å²) in [6, 6.07) is 17.6. The van der Waals surface area contributed by atoms with Crippen molar-refractivity contribution in [1.29, 1.82) is 0 Å². The number of benzene rings is 2. The molecular weight excluding hydrogens is 260 g/mol. The average molecular weight is 280 g/mol. The van der Waals surface area contributed by atoms with E-state index < -0.39 is 5.91 Å². The van der Waals surface area contributed by atoms with Gasteiger partial charge in [-0.25, -0.2) is 0 Å². The van der Waals surface area contributed by atoms with Gasteiger partial charge in [0.15, 0.2) is 0 Å². The van der Waals surface area contributed by atoms with Gasteiger partial charge in [-0.05, 0) is 30.2 Å². The average Bonchev–Trinajstić information content (AvgIpc) is 2.48. The van der Waals surface area contributed by atoms with Crippen LogP contribution in [-0.4, -0.2) is 12.5 Å². The van der Waals surface area contributed by atoms with Gasteiger partial charge in [-0.15, -0.1) is 0 Å². The van der Waals surface area contributed by atoms with Crippen LogP contribution >= 0.6 is 0 Å². The maximum atomic E-state index is 11.1. The molecule has 3 heteroatoms. The molecule has 21 heavy (non-hydrogen) atoms. The van der Waals surface area contributed by atoms with Gasteiger partial charge in [0.2, 0.25) is 5.91 Å². The molecule has 0 bridgehead atoms. The van der Waals surface area contributed by atoms with E-state index in [0.717, 1.165) is 12.1 Å². The van der Waals surface area contributed by atoms with Crippen LogP contribution in [0.5, 0.6) is 0 Å². The van der Waals surface area contributed by atoms with Crippen LogP contribution in [0.4, 0.5) is 0 Å². The van der Waals surface area contributed by atoms with Crippen molar-refractivity contribution in [3.63, 3.8) is 0 Å². The minimum absolute atomic E-state index is 0.392. The van der Waals surface area contributed by atoms with Crippen molar-refractivity contribution < 1.29 is 4.79 Å². The molecule has 0 unspecified atom stereocenters. The van der Waals surface area contributed by atoms with E-state index in [1.165, 1.54) is 11.1 Å². The normalized spacial score (nSPS) is 11.4. The summed E-state index contributed by atoms with van der Waals surface area (Å²) in [6.07, 6.45) is 2.16. The van der Waals surface area contributed by atoms with Gasteiger partial charge >= 0.3 is 0 Å². The topological polar surface area (TPSA) is 55.1 Å². The summed E-state index contributed by atoms with van der Waals surface area (Å²) in [5, 5.41) is 3.37. The number of nitrogens with two attached hydrogens (primary N) is 1. The first-order chi connectivity index (χ1) is 10.1. The number of amides is 1. The number of carbonyl (C=O) groups is 1. The van der Waals surface area contributed by atoms with Crippen molar-refractivity contribution in [2.24, 2.45) is 5.73 Å². The van der Waals surface area contributed by atoms with Gasteiger partial charge in [0, 0.05) is 18.7 Å². The highest BCUT2D eigenvalue weighted by Crippen LogP contribution is 2.07. The van der Waals surface area contributed by atoms with E-state index >= 15 is 0 Å². The molecule has 3 nitrogen and oxygen atoms in total. The smallest absolute Gasteiger partial charge is 0.248 e. The number of hydrogen-bond acceptors (Lipinski definition) is 2. The fraction of sp³-hybridized carbons (Fsp3) is 0.167. The Labute approximate surface area is 125 Å². The first kappa shape index (κ1) is 15.0. The van der Waals surface area contributed by atoms with E-state index in [4.69, 9.17) is 5.73 Å². The lowest BCUT2D eigenvalue weighted by atomic mass is 10.1. The van der Waals surface area contributed by atoms with Gasteiger partial charge in [-0.3, -0.25) is 4.79 Å². The standard InChI is InChI=1S/C18H20N2O/c1-14(10-15-6-3-2-4-7-15)12-20-13-16-8-5-9-17(11-16)18(19)21/h2-11,20H,12-13H2,1H3,(H2,19,21)/b14-10+. The van der Waals surface area contributed by atoms with Crippen LogP contribution < -0.4 is 11.1 Å². The molecule has 0 aromatic heterocycles. The van der Waals surface area contributed by atoms with Gasteiger partial charge < -0.3 is 11.1 Å². The first-order valence-electron chi connectivity index (χ1n) is 6.97. The van der Waals surface area contributed by atoms with Gasteiger partial charge in [-0.2, -0.15) is 0 Å². The molecule has 3 N–H and O–H groups in total. The lowest BCUT2D eigenvalue weighted by molar-refractivity contribution is 0.1000. The van der Waals surface area contributed by atoms with Gasteiger partial charge in [0.25, 0.3) is 0 Å². The summed E-state index contributed by atoms with van der Waals surface area (Å²) >= 11 is 0. The van der Waals surface area contributed by atoms with E-state index in [-0.39, 0.29) is 0 Å². The van der Waals surface area contributed by atoms with Gasteiger partial charge in [0.1, 0.15) is 0 Å². The zero-order valence-corrected chi connectivity index (χ0v) is 12.2. The Morgan fingerprint density at radius 2 is 1.90 bits per heavy atom. The molecule has 0 aliphatic heterocycles. The summed E-state index contributed by atoms with van der Waals surface area (Å²) < 4.78 is 0. The van der Waals surface area contributed by atoms with Gasteiger partial charge in [-0.1, -0.05) is 54.1 Å². The third kappa shape index (κ3) is 4.89. The highest BCUT2D eigenvalue weighted by atomic mass is 16.1. The maximum Gasteiger partial charge on any atom is 0.248 e. The number of primary amides is 1. The second-order valence-corrected chi connectivity index (χ2v) is 5.07. The predicted octanol–water partition coefficient (Wildman–Crippen LogP) is 2.98. The molecule has 0 spiro atoms. The fourth-order valence-electron chi connectivity index (χ4n) is 2.12. The second kappa shape index (κ2) is 7.41. The largest absolute Gasteiger partial charge is 0.366 e. The number of hydrogen-bond donors (Lipinski definition) is 2. The summed E-state index contributed by atoms with van der Waals surface area (Å²) in [5.74, 6) is -0.392. The van der Waals surface area contributed by atoms with Crippen LogP contribution in [0.1, 0.15) is 28.4 Å². The summed E-state index contributed by atoms with van der Waals surface area (Å²) in [7, 11) is 0. The van der Waals surface area contributed by atoms with E-state index in [1.54, 1.807) is 6.07 Å². The molecule has 0 saturated heterocycles. The molecule has 0 heterocycles. The van der Waals surface area contributed by atoms with Crippen LogP contribution in [0, 0.1) is 0 Å². The Balaban J connectivity index is 1.88. The molecule has 0 radical (unpaired) electrons. The minimum Gasteiger partial charge on any atom is -0.366 e. The Morgan fingerprint density at radius 1 is 1.14 bits per heavy atom. The minimum atomic E-state index is -0.392. The van der Waals surface area contributed by atoms with Crippen molar-refractivity contribution in [2.75, 3.05) is 6.54 Å². The van der Waals surface area contributed by atoms with Gasteiger partial charge in [0.05, 0.1) is 0 Å². The summed E-state index contributed by atoms with van der Waals surface area (Å²) in [5.41, 5.74) is 9.34. The maximum absolute atomic E-state index is 11.1. The zero-order valence-electron chi connectivity index (χ0n) is 12.2. The third-order valence-electron chi connectivity index (χ3n) is 3.16. The second-order valence-electron chi connectivity index (χ2n) is 5.07. The van der Waals surface area contributed by atoms with E-state index in [1.807, 2.05) is 36.4 Å². The first-order valence-corrected chi connectivity index (χ1v) is 6.97. The van der Waals surface area contributed by atoms with Crippen molar-refractivity contribution in [3.05, 3.63) is 76.9 Å². The lowest BCUT2D eigenvalue weighted by Gasteiger charge is -2.06. The molecule has 0 aliphatic carbocycles. The number of carbonyl (C=O) groups excluding carboxylic acids is 1. The molecule has 0 saturated carbocycles. The zero-order chi connectivity index (χ0) is 15.1. The predicted molar refractivity (Wildman–Crippen MR) is 86.8 cm³/mol. The quantitative estimate of drug-likeness (QED) is 0.854. The SMILES string of the molecule is C/C(=C\c1ccccc1)CNCc1cccc(C(N)=O)c1. The molecule has 0 fully saturated rings. The van der Waals surface area contributed by atoms with Crippen molar-refractivity contribution in [3.8, 4) is 0 Å². The number of rotatable bonds is 6. The van der Waals surface area contributed by atoms with Crippen LogP contribution in [0.15, 0.2) is 60.2 Å². The molecule has 0 aliphatic rings. The van der Waals surface area contributed by atoms with Crippen LogP contribution in [0.2, 0.25) is 0 Å². The van der Waals surface area contributed by atoms with Crippen molar-refractivity contribution in [2.45, 2.75) is 13.5 Å². The molecule has 0 atom stereocenters. The third-order valence-corrected chi connectivity index (χ3v) is 3.16. The molecule has 1 amide bonds. The summed E-state index contributed by atoms with van der Waals surface area (Å²) in [6.45, 7) is 3.61. The highest BCUT2D eigenvalue weighted by Gasteiger charge is 2.01. The van der Waals surface area contributed by atoms with Crippen LogP contribution in [0.3, 0.4) is 0 Å². The Kier molecular flexibility index (Phi) is 5.29. The lowest BCUT2D eigenvalue weighted by Crippen LogP contribution is -2.16. The monoisotopic (exact) mass is 280 g/mol. The molecule has 2 aromatic carbocycles. The number of nitrogens with one attached hydrogen (secondary N) is 1. The van der Waals surface area contributed by atoms with Crippen molar-refractivity contribution >= 4 is 12.0 Å². The molecule has 2 rings (SSSR count). The Morgan fingerprint density at radius 3 is 2.62 bits per heavy atom. The molecular formula is C18H20N2O. The van der Waals surface area contributed by atoms with E-state index in [2.05, 4.69) is 30.4 Å². The van der Waals surface area contributed by atoms with E-state index in [9.17, 15) is 4.79 Å². The van der Waals surface area contributed by atoms with Crippen molar-refractivity contribution in [1.82, 2.24) is 5.32 Å². The fourth-order valence-corrected chi connectivity index (χ4v) is 2.12.